The van der Waals surface area contributed by atoms with E-state index in [0.29, 0.717) is 22.8 Å². The van der Waals surface area contributed by atoms with Gasteiger partial charge in [0.2, 0.25) is 0 Å². The minimum atomic E-state index is -0.747. The number of carbonyl (C=O) groups excluding carboxylic acids is 2. The van der Waals surface area contributed by atoms with Gasteiger partial charge in [-0.3, -0.25) is 9.59 Å². The van der Waals surface area contributed by atoms with Crippen LogP contribution in [-0.2, 0) is 9.59 Å². The Bertz CT molecular complexity index is 1690. The van der Waals surface area contributed by atoms with Gasteiger partial charge in [-0.1, -0.05) is 127 Å². The van der Waals surface area contributed by atoms with E-state index in [-0.39, 0.29) is 11.8 Å². The topological polar surface area (TPSA) is 65.3 Å². The third-order valence-electron chi connectivity index (χ3n) is 8.00. The van der Waals surface area contributed by atoms with E-state index in [0.717, 1.165) is 16.7 Å². The Hall–Kier alpha value is -5.62. The number of nitrogens with zero attached hydrogens (tertiary/aromatic N) is 4. The van der Waals surface area contributed by atoms with Crippen molar-refractivity contribution in [3.8, 4) is 0 Å². The molecule has 0 saturated heterocycles. The highest BCUT2D eigenvalue weighted by Crippen LogP contribution is 2.44. The Balaban J connectivity index is 1.43. The fourth-order valence-corrected chi connectivity index (χ4v) is 6.04. The van der Waals surface area contributed by atoms with Gasteiger partial charge in [0.25, 0.3) is 11.8 Å². The zero-order valence-corrected chi connectivity index (χ0v) is 23.3. The molecule has 2 amide bonds. The molecule has 0 fully saturated rings. The quantitative estimate of drug-likeness (QED) is 0.217. The first kappa shape index (κ1) is 26.3. The standard InChI is InChI=1S/C37H28N4O2/c42-36-32(34(27-18-8-2-9-19-27)38-40(36)29-22-12-4-13-23-29)31(26-16-6-1-7-17-26)33-35(28-20-10-3-11-21-28)39-41(37(33)43)30-24-14-5-15-25-30/h1-25,31-33H. The smallest absolute Gasteiger partial charge is 0.257 e. The van der Waals surface area contributed by atoms with Crippen molar-refractivity contribution in [2.75, 3.05) is 10.0 Å². The third kappa shape index (κ3) is 4.83. The molecular formula is C37H28N4O2. The van der Waals surface area contributed by atoms with E-state index in [1.165, 1.54) is 10.0 Å². The summed E-state index contributed by atoms with van der Waals surface area (Å²) >= 11 is 0. The summed E-state index contributed by atoms with van der Waals surface area (Å²) in [6.45, 7) is 0. The number of hydrogen-bond donors (Lipinski definition) is 0. The van der Waals surface area contributed by atoms with Gasteiger partial charge in [0.05, 0.1) is 34.6 Å². The van der Waals surface area contributed by atoms with Crippen molar-refractivity contribution in [3.63, 3.8) is 0 Å². The van der Waals surface area contributed by atoms with Gasteiger partial charge >= 0.3 is 0 Å². The summed E-state index contributed by atoms with van der Waals surface area (Å²) < 4.78 is 0. The van der Waals surface area contributed by atoms with Crippen LogP contribution in [0.15, 0.2) is 162 Å². The first-order valence-corrected chi connectivity index (χ1v) is 14.3. The van der Waals surface area contributed by atoms with Gasteiger partial charge in [-0.15, -0.1) is 0 Å². The molecule has 0 bridgehead atoms. The summed E-state index contributed by atoms with van der Waals surface area (Å²) in [6, 6.07) is 48.2. The van der Waals surface area contributed by atoms with E-state index >= 15 is 0 Å². The van der Waals surface area contributed by atoms with Crippen LogP contribution >= 0.6 is 0 Å². The second kappa shape index (κ2) is 11.3. The average Bonchev–Trinajstić information content (AvgIpc) is 3.60. The van der Waals surface area contributed by atoms with Gasteiger partial charge in [-0.2, -0.15) is 20.2 Å². The molecule has 43 heavy (non-hydrogen) atoms. The molecule has 5 aromatic rings. The minimum absolute atomic E-state index is 0.183. The molecule has 6 nitrogen and oxygen atoms in total. The lowest BCUT2D eigenvalue weighted by atomic mass is 9.70. The van der Waals surface area contributed by atoms with Crippen molar-refractivity contribution in [2.24, 2.45) is 22.0 Å². The van der Waals surface area contributed by atoms with Gasteiger partial charge in [0, 0.05) is 5.92 Å². The number of hydrogen-bond acceptors (Lipinski definition) is 4. The number of para-hydroxylation sites is 2. The van der Waals surface area contributed by atoms with Gasteiger partial charge in [-0.05, 0) is 41.0 Å². The third-order valence-corrected chi connectivity index (χ3v) is 8.00. The summed E-state index contributed by atoms with van der Waals surface area (Å²) in [7, 11) is 0. The van der Waals surface area contributed by atoms with Crippen molar-refractivity contribution >= 4 is 34.6 Å². The number of benzene rings is 5. The van der Waals surface area contributed by atoms with Crippen molar-refractivity contribution in [1.82, 2.24) is 0 Å². The molecule has 7 rings (SSSR count). The molecule has 0 saturated carbocycles. The first-order chi connectivity index (χ1) is 21.2. The lowest BCUT2D eigenvalue weighted by Gasteiger charge is -2.30. The second-order valence-electron chi connectivity index (χ2n) is 10.6. The average molecular weight is 561 g/mol. The SMILES string of the molecule is O=C1C(C(c2ccccc2)C2C(=O)N(c3ccccc3)N=C2c2ccccc2)C(c2ccccc2)=NN1c1ccccc1. The molecule has 0 radical (unpaired) electrons. The summed E-state index contributed by atoms with van der Waals surface area (Å²) in [4.78, 5) is 29.2. The van der Waals surface area contributed by atoms with Crippen LogP contribution in [0.2, 0.25) is 0 Å². The highest BCUT2D eigenvalue weighted by molar-refractivity contribution is 6.26. The lowest BCUT2D eigenvalue weighted by Crippen LogP contribution is -2.41. The van der Waals surface area contributed by atoms with E-state index in [1.807, 2.05) is 152 Å². The minimum Gasteiger partial charge on any atom is -0.272 e. The zero-order chi connectivity index (χ0) is 29.2. The van der Waals surface area contributed by atoms with Crippen molar-refractivity contribution in [1.29, 1.82) is 0 Å². The van der Waals surface area contributed by atoms with Crippen LogP contribution in [0.3, 0.4) is 0 Å². The Morgan fingerprint density at radius 1 is 0.442 bits per heavy atom. The van der Waals surface area contributed by atoms with E-state index in [4.69, 9.17) is 10.2 Å². The van der Waals surface area contributed by atoms with Crippen LogP contribution in [0, 0.1) is 11.8 Å². The molecule has 2 aliphatic heterocycles. The number of carbonyl (C=O) groups is 2. The lowest BCUT2D eigenvalue weighted by molar-refractivity contribution is -0.122. The fourth-order valence-electron chi connectivity index (χ4n) is 6.04. The van der Waals surface area contributed by atoms with Gasteiger partial charge in [0.15, 0.2) is 0 Å². The Morgan fingerprint density at radius 2 is 0.767 bits per heavy atom. The van der Waals surface area contributed by atoms with Gasteiger partial charge in [-0.25, -0.2) is 0 Å². The Labute approximate surface area is 250 Å². The first-order valence-electron chi connectivity index (χ1n) is 14.3. The largest absolute Gasteiger partial charge is 0.272 e. The molecule has 5 aromatic carbocycles. The molecule has 2 aliphatic rings. The normalized spacial score (nSPS) is 18.9. The molecular weight excluding hydrogens is 532 g/mol. The van der Waals surface area contributed by atoms with Gasteiger partial charge in [0.1, 0.15) is 0 Å². The summed E-state index contributed by atoms with van der Waals surface area (Å²) in [5.41, 5.74) is 5.15. The van der Waals surface area contributed by atoms with E-state index in [1.54, 1.807) is 0 Å². The van der Waals surface area contributed by atoms with Gasteiger partial charge < -0.3 is 0 Å². The molecule has 6 heteroatoms. The van der Waals surface area contributed by atoms with Crippen LogP contribution in [0.4, 0.5) is 11.4 Å². The van der Waals surface area contributed by atoms with Crippen LogP contribution in [-0.4, -0.2) is 23.2 Å². The monoisotopic (exact) mass is 560 g/mol. The highest BCUT2D eigenvalue weighted by atomic mass is 16.2. The predicted octanol–water partition coefficient (Wildman–Crippen LogP) is 6.90. The molecule has 0 aromatic heterocycles. The van der Waals surface area contributed by atoms with Crippen molar-refractivity contribution < 1.29 is 9.59 Å². The molecule has 2 atom stereocenters. The molecule has 0 spiro atoms. The van der Waals surface area contributed by atoms with Crippen LogP contribution in [0.1, 0.15) is 22.6 Å². The zero-order valence-electron chi connectivity index (χ0n) is 23.3. The Morgan fingerprint density at radius 3 is 1.14 bits per heavy atom. The number of amides is 2. The molecule has 0 N–H and O–H groups in total. The number of hydrazone groups is 2. The van der Waals surface area contributed by atoms with Crippen LogP contribution in [0.25, 0.3) is 0 Å². The summed E-state index contributed by atoms with van der Waals surface area (Å²) in [6.07, 6.45) is 0. The van der Waals surface area contributed by atoms with Crippen LogP contribution in [0.5, 0.6) is 0 Å². The van der Waals surface area contributed by atoms with Crippen molar-refractivity contribution in [2.45, 2.75) is 5.92 Å². The predicted molar refractivity (Wildman–Crippen MR) is 170 cm³/mol. The van der Waals surface area contributed by atoms with E-state index < -0.39 is 17.8 Å². The van der Waals surface area contributed by atoms with Crippen LogP contribution < -0.4 is 10.0 Å². The number of anilines is 2. The highest BCUT2D eigenvalue weighted by Gasteiger charge is 2.52. The maximum Gasteiger partial charge on any atom is 0.257 e. The van der Waals surface area contributed by atoms with E-state index in [9.17, 15) is 9.59 Å². The maximum absolute atomic E-state index is 14.6. The second-order valence-corrected chi connectivity index (χ2v) is 10.6. The molecule has 0 aliphatic carbocycles. The molecule has 2 heterocycles. The van der Waals surface area contributed by atoms with E-state index in [2.05, 4.69) is 0 Å². The summed E-state index contributed by atoms with van der Waals surface area (Å²) in [5, 5.41) is 12.9. The fraction of sp³-hybridized carbons (Fsp3) is 0.0811. The Kier molecular flexibility index (Phi) is 6.93. The molecule has 208 valence electrons. The number of rotatable bonds is 7. The van der Waals surface area contributed by atoms with Crippen molar-refractivity contribution in [3.05, 3.63) is 168 Å². The summed E-state index contributed by atoms with van der Waals surface area (Å²) in [5.74, 6) is -2.44. The maximum atomic E-state index is 14.6. The molecule has 2 unspecified atom stereocenters.